The molecule has 0 spiro atoms. The molecule has 2 aromatic rings. The first kappa shape index (κ1) is 14.6. The fourth-order valence-corrected chi connectivity index (χ4v) is 2.73. The van der Waals surface area contributed by atoms with E-state index in [2.05, 4.69) is 9.39 Å². The van der Waals surface area contributed by atoms with Gasteiger partial charge in [0, 0.05) is 5.56 Å². The normalized spacial score (nSPS) is 10.3. The molecule has 6 nitrogen and oxygen atoms in total. The van der Waals surface area contributed by atoms with E-state index in [0.29, 0.717) is 11.1 Å². The molecule has 0 heterocycles. The van der Waals surface area contributed by atoms with Crippen LogP contribution in [-0.4, -0.2) is 20.6 Å². The topological polar surface area (TPSA) is 93.0 Å². The molecule has 104 valence electrons. The van der Waals surface area contributed by atoms with Gasteiger partial charge in [0.1, 0.15) is 4.90 Å². The van der Waals surface area contributed by atoms with Gasteiger partial charge in [-0.3, -0.25) is 0 Å². The van der Waals surface area contributed by atoms with Crippen LogP contribution in [0.4, 0.5) is 5.69 Å². The van der Waals surface area contributed by atoms with Gasteiger partial charge < -0.3 is 0 Å². The van der Waals surface area contributed by atoms with E-state index >= 15 is 0 Å². The summed E-state index contributed by atoms with van der Waals surface area (Å²) in [4.78, 5) is 23.7. The number of aliphatic imine (C=N–C) groups is 1. The summed E-state index contributed by atoms with van der Waals surface area (Å²) in [5, 5.41) is 0. The molecule has 7 heteroatoms. The molecular formula is C14H8N2O4S. The minimum Gasteiger partial charge on any atom is -0.211 e. The fraction of sp³-hybridized carbons (Fsp3) is 0. The lowest BCUT2D eigenvalue weighted by atomic mass is 10.1. The third kappa shape index (κ3) is 3.19. The Kier molecular flexibility index (Phi) is 4.21. The number of rotatable bonds is 4. The molecule has 2 aromatic carbocycles. The van der Waals surface area contributed by atoms with Gasteiger partial charge >= 0.3 is 0 Å². The minimum atomic E-state index is -4.22. The molecule has 21 heavy (non-hydrogen) atoms. The molecule has 0 saturated heterocycles. The SMILES string of the molecule is O=C=Nc1ccc(-c2ccccc2)c(S(=O)(=O)N=C=O)c1. The summed E-state index contributed by atoms with van der Waals surface area (Å²) in [5.41, 5.74) is 1.07. The first-order valence-electron chi connectivity index (χ1n) is 5.70. The maximum absolute atomic E-state index is 12.0. The lowest BCUT2D eigenvalue weighted by Crippen LogP contribution is -1.99. The van der Waals surface area contributed by atoms with Gasteiger partial charge in [-0.15, -0.1) is 0 Å². The van der Waals surface area contributed by atoms with Gasteiger partial charge in [0.05, 0.1) is 5.69 Å². The number of isocyanates is 2. The molecule has 2 rings (SSSR count). The van der Waals surface area contributed by atoms with Crippen molar-refractivity contribution >= 4 is 27.9 Å². The van der Waals surface area contributed by atoms with Gasteiger partial charge in [0.2, 0.25) is 6.08 Å². The van der Waals surface area contributed by atoms with Crippen LogP contribution in [0, 0.1) is 0 Å². The average Bonchev–Trinajstić information content (AvgIpc) is 2.48. The first-order chi connectivity index (χ1) is 10.1. The van der Waals surface area contributed by atoms with Crippen LogP contribution in [-0.2, 0) is 19.6 Å². The van der Waals surface area contributed by atoms with E-state index in [9.17, 15) is 18.0 Å². The highest BCUT2D eigenvalue weighted by atomic mass is 32.2. The lowest BCUT2D eigenvalue weighted by molar-refractivity contribution is 0.563. The van der Waals surface area contributed by atoms with Crippen LogP contribution in [0.3, 0.4) is 0 Å². The van der Waals surface area contributed by atoms with Crippen molar-refractivity contribution < 1.29 is 18.0 Å². The van der Waals surface area contributed by atoms with E-state index in [-0.39, 0.29) is 10.6 Å². The molecule has 0 N–H and O–H groups in total. The summed E-state index contributed by atoms with van der Waals surface area (Å²) < 4.78 is 26.9. The summed E-state index contributed by atoms with van der Waals surface area (Å²) in [5.74, 6) is 0. The van der Waals surface area contributed by atoms with Crippen molar-refractivity contribution in [2.24, 2.45) is 9.39 Å². The second-order valence-corrected chi connectivity index (χ2v) is 5.48. The Labute approximate surface area is 120 Å². The minimum absolute atomic E-state index is 0.101. The molecule has 0 fully saturated rings. The van der Waals surface area contributed by atoms with Crippen molar-refractivity contribution in [1.29, 1.82) is 0 Å². The number of carbonyl (C=O) groups excluding carboxylic acids is 2. The van der Waals surface area contributed by atoms with Crippen LogP contribution in [0.25, 0.3) is 11.1 Å². The van der Waals surface area contributed by atoms with Gasteiger partial charge in [0.25, 0.3) is 16.1 Å². The lowest BCUT2D eigenvalue weighted by Gasteiger charge is -2.08. The fourth-order valence-electron chi connectivity index (χ4n) is 1.80. The van der Waals surface area contributed by atoms with Crippen molar-refractivity contribution in [2.75, 3.05) is 0 Å². The van der Waals surface area contributed by atoms with Crippen molar-refractivity contribution in [3.8, 4) is 11.1 Å². The highest BCUT2D eigenvalue weighted by Crippen LogP contribution is 2.31. The highest BCUT2D eigenvalue weighted by Gasteiger charge is 2.19. The molecule has 0 amide bonds. The van der Waals surface area contributed by atoms with Crippen molar-refractivity contribution in [3.05, 3.63) is 48.5 Å². The summed E-state index contributed by atoms with van der Waals surface area (Å²) in [7, 11) is -4.22. The Morgan fingerprint density at radius 3 is 2.24 bits per heavy atom. The predicted octanol–water partition coefficient (Wildman–Crippen LogP) is 2.35. The average molecular weight is 300 g/mol. The number of benzene rings is 2. The van der Waals surface area contributed by atoms with E-state index in [1.165, 1.54) is 18.2 Å². The highest BCUT2D eigenvalue weighted by molar-refractivity contribution is 7.90. The maximum atomic E-state index is 12.0. The van der Waals surface area contributed by atoms with Crippen LogP contribution < -0.4 is 0 Å². The second-order valence-electron chi connectivity index (χ2n) is 3.91. The summed E-state index contributed by atoms with van der Waals surface area (Å²) in [6, 6.07) is 12.8. The van der Waals surface area contributed by atoms with Crippen molar-refractivity contribution in [3.63, 3.8) is 0 Å². The van der Waals surface area contributed by atoms with Crippen LogP contribution in [0.5, 0.6) is 0 Å². The molecule has 0 bridgehead atoms. The number of sulfonamides is 1. The zero-order valence-corrected chi connectivity index (χ0v) is 11.4. The second kappa shape index (κ2) is 6.07. The molecule has 0 radical (unpaired) electrons. The third-order valence-corrected chi connectivity index (χ3v) is 3.87. The van der Waals surface area contributed by atoms with Crippen LogP contribution in [0.2, 0.25) is 0 Å². The zero-order chi connectivity index (χ0) is 15.3. The Hall–Kier alpha value is -2.85. The number of hydrogen-bond acceptors (Lipinski definition) is 5. The van der Waals surface area contributed by atoms with Gasteiger partial charge in [-0.2, -0.15) is 13.4 Å². The standard InChI is InChI=1S/C14H8N2O4S/c17-9-15-12-6-7-13(11-4-2-1-3-5-11)14(8-12)21(19,20)16-10-18/h1-8H. The van der Waals surface area contributed by atoms with Gasteiger partial charge in [-0.05, 0) is 17.7 Å². The van der Waals surface area contributed by atoms with Crippen LogP contribution in [0.15, 0.2) is 62.8 Å². The number of nitrogens with zero attached hydrogens (tertiary/aromatic N) is 2. The maximum Gasteiger partial charge on any atom is 0.293 e. The van der Waals surface area contributed by atoms with E-state index in [4.69, 9.17) is 0 Å². The Morgan fingerprint density at radius 1 is 0.905 bits per heavy atom. The van der Waals surface area contributed by atoms with Crippen LogP contribution >= 0.6 is 0 Å². The monoisotopic (exact) mass is 300 g/mol. The van der Waals surface area contributed by atoms with Gasteiger partial charge in [-0.1, -0.05) is 40.8 Å². The molecule has 0 aliphatic heterocycles. The molecule has 0 saturated carbocycles. The van der Waals surface area contributed by atoms with Crippen molar-refractivity contribution in [2.45, 2.75) is 4.90 Å². The smallest absolute Gasteiger partial charge is 0.211 e. The Balaban J connectivity index is 2.77. The zero-order valence-electron chi connectivity index (χ0n) is 10.6. The largest absolute Gasteiger partial charge is 0.293 e. The van der Waals surface area contributed by atoms with E-state index in [1.54, 1.807) is 30.3 Å². The van der Waals surface area contributed by atoms with Crippen LogP contribution in [0.1, 0.15) is 0 Å². The summed E-state index contributed by atoms with van der Waals surface area (Å²) >= 11 is 0. The van der Waals surface area contributed by atoms with E-state index in [0.717, 1.165) is 12.1 Å². The molecular weight excluding hydrogens is 292 g/mol. The quantitative estimate of drug-likeness (QED) is 0.640. The summed E-state index contributed by atoms with van der Waals surface area (Å²) in [6.07, 6.45) is 2.34. The molecule has 0 aromatic heterocycles. The molecule has 0 unspecified atom stereocenters. The van der Waals surface area contributed by atoms with Gasteiger partial charge in [0.15, 0.2) is 0 Å². The summed E-state index contributed by atoms with van der Waals surface area (Å²) in [6.45, 7) is 0. The van der Waals surface area contributed by atoms with E-state index in [1.807, 2.05) is 0 Å². The molecule has 0 aliphatic carbocycles. The molecule has 0 atom stereocenters. The Morgan fingerprint density at radius 2 is 1.62 bits per heavy atom. The van der Waals surface area contributed by atoms with Gasteiger partial charge in [-0.25, -0.2) is 9.59 Å². The van der Waals surface area contributed by atoms with E-state index < -0.39 is 10.0 Å². The Bertz CT molecular complexity index is 863. The third-order valence-electron chi connectivity index (χ3n) is 2.66. The van der Waals surface area contributed by atoms with Crippen molar-refractivity contribution in [1.82, 2.24) is 0 Å². The predicted molar refractivity (Wildman–Crippen MR) is 75.0 cm³/mol. The first-order valence-corrected chi connectivity index (χ1v) is 7.14. The number of hydrogen-bond donors (Lipinski definition) is 0. The molecule has 0 aliphatic rings.